The quantitative estimate of drug-likeness (QED) is 0.603. The van der Waals surface area contributed by atoms with Gasteiger partial charge in [-0.2, -0.15) is 0 Å². The molecule has 3 rings (SSSR count). The first-order valence-corrected chi connectivity index (χ1v) is 5.89. The molecule has 5 atom stereocenters. The van der Waals surface area contributed by atoms with Crippen LogP contribution in [0.4, 0.5) is 0 Å². The second kappa shape index (κ2) is 2.73. The van der Waals surface area contributed by atoms with Gasteiger partial charge in [0.25, 0.3) is 0 Å². The first-order valence-electron chi connectivity index (χ1n) is 5.89. The van der Waals surface area contributed by atoms with Crippen molar-refractivity contribution in [2.24, 2.45) is 29.6 Å². The molecule has 1 heterocycles. The summed E-state index contributed by atoms with van der Waals surface area (Å²) in [5, 5.41) is 0. The lowest BCUT2D eigenvalue weighted by molar-refractivity contribution is -0.0283. The lowest BCUT2D eigenvalue weighted by Gasteiger charge is -2.29. The monoisotopic (exact) mass is 180 g/mol. The Morgan fingerprint density at radius 3 is 2.77 bits per heavy atom. The minimum absolute atomic E-state index is 0.657. The van der Waals surface area contributed by atoms with E-state index in [1.54, 1.807) is 0 Å². The molecule has 3 aliphatic rings. The highest BCUT2D eigenvalue weighted by Crippen LogP contribution is 2.56. The molecule has 0 spiro atoms. The van der Waals surface area contributed by atoms with Crippen LogP contribution in [-0.4, -0.2) is 12.7 Å². The summed E-state index contributed by atoms with van der Waals surface area (Å²) in [7, 11) is 0. The largest absolute Gasteiger partial charge is 0.378 e. The molecule has 0 aromatic rings. The van der Waals surface area contributed by atoms with Gasteiger partial charge in [-0.15, -0.1) is 0 Å². The Labute approximate surface area is 80.8 Å². The van der Waals surface area contributed by atoms with Crippen molar-refractivity contribution in [2.75, 3.05) is 6.61 Å². The molecule has 4 unspecified atom stereocenters. The molecule has 1 saturated heterocycles. The van der Waals surface area contributed by atoms with Crippen molar-refractivity contribution in [3.05, 3.63) is 0 Å². The summed E-state index contributed by atoms with van der Waals surface area (Å²) in [6.45, 7) is 5.87. The van der Waals surface area contributed by atoms with Gasteiger partial charge in [0, 0.05) is 0 Å². The fourth-order valence-electron chi connectivity index (χ4n) is 4.39. The van der Waals surface area contributed by atoms with Crippen molar-refractivity contribution in [1.82, 2.24) is 0 Å². The average molecular weight is 180 g/mol. The highest BCUT2D eigenvalue weighted by Gasteiger charge is 2.53. The highest BCUT2D eigenvalue weighted by molar-refractivity contribution is 5.02. The van der Waals surface area contributed by atoms with E-state index in [1.165, 1.54) is 19.3 Å². The van der Waals surface area contributed by atoms with E-state index >= 15 is 0 Å². The maximum atomic E-state index is 5.94. The van der Waals surface area contributed by atoms with Crippen LogP contribution in [0.15, 0.2) is 0 Å². The first-order chi connectivity index (χ1) is 6.27. The summed E-state index contributed by atoms with van der Waals surface area (Å²) < 4.78 is 5.94. The molecular weight excluding hydrogens is 160 g/mol. The smallest absolute Gasteiger partial charge is 0.0606 e. The van der Waals surface area contributed by atoms with Gasteiger partial charge >= 0.3 is 0 Å². The third-order valence-corrected chi connectivity index (χ3v) is 4.72. The molecule has 1 nitrogen and oxygen atoms in total. The highest BCUT2D eigenvalue weighted by atomic mass is 16.5. The zero-order valence-corrected chi connectivity index (χ0v) is 8.70. The second-order valence-corrected chi connectivity index (χ2v) is 5.59. The van der Waals surface area contributed by atoms with Crippen molar-refractivity contribution in [3.8, 4) is 0 Å². The molecular formula is C12H20O. The van der Waals surface area contributed by atoms with Gasteiger partial charge in [0.2, 0.25) is 0 Å². The van der Waals surface area contributed by atoms with Crippen LogP contribution in [0.1, 0.15) is 33.1 Å². The van der Waals surface area contributed by atoms with Crippen LogP contribution in [0, 0.1) is 29.6 Å². The molecule has 2 bridgehead atoms. The summed E-state index contributed by atoms with van der Waals surface area (Å²) in [6.07, 6.45) is 4.95. The Bertz CT molecular complexity index is 211. The molecule has 3 fully saturated rings. The minimum atomic E-state index is 0.657. The van der Waals surface area contributed by atoms with Crippen LogP contribution >= 0.6 is 0 Å². The molecule has 0 aromatic carbocycles. The van der Waals surface area contributed by atoms with E-state index in [9.17, 15) is 0 Å². The maximum absolute atomic E-state index is 5.94. The van der Waals surface area contributed by atoms with Crippen LogP contribution in [0.25, 0.3) is 0 Å². The van der Waals surface area contributed by atoms with E-state index in [-0.39, 0.29) is 0 Å². The van der Waals surface area contributed by atoms with E-state index in [0.29, 0.717) is 6.10 Å². The standard InChI is InChI=1S/C12H20O/c1-7(2)12-8-5-10-9(12)3-4-11(10)13-6-8/h7-12H,3-6H2,1-2H3/t8?,9?,10?,11?,12-/m1/s1. The molecule has 1 aliphatic heterocycles. The van der Waals surface area contributed by atoms with Crippen LogP contribution in [0.5, 0.6) is 0 Å². The molecule has 13 heavy (non-hydrogen) atoms. The maximum Gasteiger partial charge on any atom is 0.0606 e. The predicted molar refractivity (Wildman–Crippen MR) is 52.4 cm³/mol. The number of hydrogen-bond acceptors (Lipinski definition) is 1. The molecule has 2 aliphatic carbocycles. The minimum Gasteiger partial charge on any atom is -0.378 e. The average Bonchev–Trinajstić information content (AvgIpc) is 2.54. The summed E-state index contributed by atoms with van der Waals surface area (Å²) in [6, 6.07) is 0. The Kier molecular flexibility index (Phi) is 1.74. The lowest BCUT2D eigenvalue weighted by atomic mass is 9.80. The summed E-state index contributed by atoms with van der Waals surface area (Å²) >= 11 is 0. The van der Waals surface area contributed by atoms with E-state index in [1.807, 2.05) is 0 Å². The fourth-order valence-corrected chi connectivity index (χ4v) is 4.39. The molecule has 74 valence electrons. The zero-order valence-electron chi connectivity index (χ0n) is 8.70. The van der Waals surface area contributed by atoms with Gasteiger partial charge in [0.15, 0.2) is 0 Å². The summed E-state index contributed by atoms with van der Waals surface area (Å²) in [5.41, 5.74) is 0. The van der Waals surface area contributed by atoms with Crippen LogP contribution in [-0.2, 0) is 4.74 Å². The van der Waals surface area contributed by atoms with Crippen molar-refractivity contribution in [1.29, 1.82) is 0 Å². The van der Waals surface area contributed by atoms with E-state index in [4.69, 9.17) is 4.74 Å². The number of ether oxygens (including phenoxy) is 1. The van der Waals surface area contributed by atoms with E-state index < -0.39 is 0 Å². The number of hydrogen-bond donors (Lipinski definition) is 0. The molecule has 0 N–H and O–H groups in total. The van der Waals surface area contributed by atoms with Crippen LogP contribution in [0.2, 0.25) is 0 Å². The number of rotatable bonds is 1. The Balaban J connectivity index is 1.90. The number of fused-ring (bicyclic) bond motifs is 1. The molecule has 0 aromatic heterocycles. The molecule has 0 radical (unpaired) electrons. The molecule has 1 heteroatoms. The third-order valence-electron chi connectivity index (χ3n) is 4.72. The van der Waals surface area contributed by atoms with Crippen LogP contribution < -0.4 is 0 Å². The van der Waals surface area contributed by atoms with Crippen molar-refractivity contribution >= 4 is 0 Å². The summed E-state index contributed by atoms with van der Waals surface area (Å²) in [4.78, 5) is 0. The van der Waals surface area contributed by atoms with Crippen molar-refractivity contribution < 1.29 is 4.74 Å². The first kappa shape index (κ1) is 8.28. The van der Waals surface area contributed by atoms with Crippen molar-refractivity contribution in [3.63, 3.8) is 0 Å². The lowest BCUT2D eigenvalue weighted by Crippen LogP contribution is -2.28. The van der Waals surface area contributed by atoms with E-state index in [0.717, 1.165) is 36.2 Å². The van der Waals surface area contributed by atoms with Gasteiger partial charge in [-0.05, 0) is 48.9 Å². The van der Waals surface area contributed by atoms with E-state index in [2.05, 4.69) is 13.8 Å². The van der Waals surface area contributed by atoms with Crippen LogP contribution in [0.3, 0.4) is 0 Å². The Morgan fingerprint density at radius 2 is 2.00 bits per heavy atom. The van der Waals surface area contributed by atoms with Crippen molar-refractivity contribution in [2.45, 2.75) is 39.2 Å². The van der Waals surface area contributed by atoms with Gasteiger partial charge in [0.05, 0.1) is 12.7 Å². The van der Waals surface area contributed by atoms with Gasteiger partial charge in [0.1, 0.15) is 0 Å². The van der Waals surface area contributed by atoms with Gasteiger partial charge in [-0.25, -0.2) is 0 Å². The normalized spacial score (nSPS) is 53.3. The van der Waals surface area contributed by atoms with Gasteiger partial charge in [-0.3, -0.25) is 0 Å². The molecule has 0 amide bonds. The Hall–Kier alpha value is -0.0400. The Morgan fingerprint density at radius 1 is 1.15 bits per heavy atom. The van der Waals surface area contributed by atoms with Gasteiger partial charge < -0.3 is 4.74 Å². The third kappa shape index (κ3) is 1.03. The fraction of sp³-hybridized carbons (Fsp3) is 1.00. The van der Waals surface area contributed by atoms with Gasteiger partial charge in [-0.1, -0.05) is 13.8 Å². The summed E-state index contributed by atoms with van der Waals surface area (Å²) in [5.74, 6) is 4.74. The molecule has 2 saturated carbocycles. The SMILES string of the molecule is CC(C)[C@@H]1C2COC3CCC1C3C2. The zero-order chi connectivity index (χ0) is 9.00. The second-order valence-electron chi connectivity index (χ2n) is 5.59. The predicted octanol–water partition coefficient (Wildman–Crippen LogP) is 2.70. The topological polar surface area (TPSA) is 9.23 Å².